The third-order valence-corrected chi connectivity index (χ3v) is 4.28. The number of rotatable bonds is 4. The van der Waals surface area contributed by atoms with Crippen molar-refractivity contribution < 1.29 is 4.74 Å². The first-order valence-corrected chi connectivity index (χ1v) is 6.35. The SMILES string of the molecule is COC(C)(C)c1ccccc1C1(C(C)N)CC1. The highest BCUT2D eigenvalue weighted by Gasteiger charge is 2.49. The van der Waals surface area contributed by atoms with E-state index in [1.165, 1.54) is 24.0 Å². The molecule has 2 N–H and O–H groups in total. The lowest BCUT2D eigenvalue weighted by Gasteiger charge is -2.31. The van der Waals surface area contributed by atoms with Gasteiger partial charge in [0.05, 0.1) is 5.60 Å². The number of ether oxygens (including phenoxy) is 1. The van der Waals surface area contributed by atoms with Crippen molar-refractivity contribution >= 4 is 0 Å². The largest absolute Gasteiger partial charge is 0.374 e. The van der Waals surface area contributed by atoms with Gasteiger partial charge in [0.25, 0.3) is 0 Å². The molecular formula is C15H23NO. The van der Waals surface area contributed by atoms with E-state index in [0.29, 0.717) is 0 Å². The molecule has 1 aliphatic rings. The van der Waals surface area contributed by atoms with Crippen molar-refractivity contribution in [1.29, 1.82) is 0 Å². The number of nitrogens with two attached hydrogens (primary N) is 1. The fraction of sp³-hybridized carbons (Fsp3) is 0.600. The third-order valence-electron chi connectivity index (χ3n) is 4.28. The Morgan fingerprint density at radius 1 is 1.29 bits per heavy atom. The molecule has 0 bridgehead atoms. The molecule has 0 amide bonds. The second-order valence-corrected chi connectivity index (χ2v) is 5.70. The minimum absolute atomic E-state index is 0.187. The van der Waals surface area contributed by atoms with E-state index in [9.17, 15) is 0 Å². The first-order chi connectivity index (χ1) is 7.94. The predicted molar refractivity (Wildman–Crippen MR) is 71.0 cm³/mol. The minimum atomic E-state index is -0.249. The number of hydrogen-bond acceptors (Lipinski definition) is 2. The van der Waals surface area contributed by atoms with E-state index < -0.39 is 0 Å². The minimum Gasteiger partial charge on any atom is -0.374 e. The van der Waals surface area contributed by atoms with E-state index in [-0.39, 0.29) is 17.1 Å². The molecule has 0 saturated heterocycles. The second-order valence-electron chi connectivity index (χ2n) is 5.70. The average Bonchev–Trinajstić information content (AvgIpc) is 3.10. The summed E-state index contributed by atoms with van der Waals surface area (Å²) in [5.41, 5.74) is 8.77. The van der Waals surface area contributed by atoms with Gasteiger partial charge in [-0.15, -0.1) is 0 Å². The van der Waals surface area contributed by atoms with E-state index in [1.54, 1.807) is 7.11 Å². The van der Waals surface area contributed by atoms with Gasteiger partial charge in [0.1, 0.15) is 0 Å². The van der Waals surface area contributed by atoms with Crippen LogP contribution in [-0.4, -0.2) is 13.2 Å². The van der Waals surface area contributed by atoms with Crippen molar-refractivity contribution in [3.8, 4) is 0 Å². The van der Waals surface area contributed by atoms with E-state index in [2.05, 4.69) is 45.0 Å². The molecular weight excluding hydrogens is 210 g/mol. The number of methoxy groups -OCH3 is 1. The van der Waals surface area contributed by atoms with Gasteiger partial charge < -0.3 is 10.5 Å². The quantitative estimate of drug-likeness (QED) is 0.867. The van der Waals surface area contributed by atoms with Gasteiger partial charge >= 0.3 is 0 Å². The highest BCUT2D eigenvalue weighted by Crippen LogP contribution is 2.52. The molecule has 1 atom stereocenters. The molecule has 1 saturated carbocycles. The van der Waals surface area contributed by atoms with Crippen LogP contribution >= 0.6 is 0 Å². The molecule has 2 heteroatoms. The highest BCUT2D eigenvalue weighted by molar-refractivity contribution is 5.42. The van der Waals surface area contributed by atoms with Crippen LogP contribution in [0.1, 0.15) is 44.7 Å². The summed E-state index contributed by atoms with van der Waals surface area (Å²) in [6, 6.07) is 8.77. The molecule has 2 rings (SSSR count). The van der Waals surface area contributed by atoms with Crippen molar-refractivity contribution in [2.45, 2.75) is 50.7 Å². The number of benzene rings is 1. The van der Waals surface area contributed by atoms with Crippen molar-refractivity contribution in [1.82, 2.24) is 0 Å². The summed E-state index contributed by atoms with van der Waals surface area (Å²) in [7, 11) is 1.77. The van der Waals surface area contributed by atoms with Crippen LogP contribution in [0.5, 0.6) is 0 Å². The fourth-order valence-electron chi connectivity index (χ4n) is 2.66. The maximum absolute atomic E-state index is 6.18. The summed E-state index contributed by atoms with van der Waals surface area (Å²) in [5, 5.41) is 0. The van der Waals surface area contributed by atoms with Gasteiger partial charge in [-0.05, 0) is 44.7 Å². The summed E-state index contributed by atoms with van der Waals surface area (Å²) >= 11 is 0. The van der Waals surface area contributed by atoms with Gasteiger partial charge in [-0.1, -0.05) is 24.3 Å². The summed E-state index contributed by atoms with van der Waals surface area (Å²) in [5.74, 6) is 0. The first-order valence-electron chi connectivity index (χ1n) is 6.35. The Morgan fingerprint density at radius 2 is 1.88 bits per heavy atom. The Kier molecular flexibility index (Phi) is 3.04. The monoisotopic (exact) mass is 233 g/mol. The Labute approximate surface area is 104 Å². The van der Waals surface area contributed by atoms with Crippen LogP contribution in [0.4, 0.5) is 0 Å². The molecule has 1 fully saturated rings. The zero-order valence-corrected chi connectivity index (χ0v) is 11.3. The van der Waals surface area contributed by atoms with Gasteiger partial charge in [0.15, 0.2) is 0 Å². The Morgan fingerprint density at radius 3 is 2.35 bits per heavy atom. The van der Waals surface area contributed by atoms with Gasteiger partial charge in [-0.25, -0.2) is 0 Å². The summed E-state index contributed by atoms with van der Waals surface area (Å²) in [4.78, 5) is 0. The van der Waals surface area contributed by atoms with Crippen LogP contribution in [0, 0.1) is 0 Å². The van der Waals surface area contributed by atoms with Gasteiger partial charge in [-0.2, -0.15) is 0 Å². The van der Waals surface area contributed by atoms with Crippen molar-refractivity contribution in [2.75, 3.05) is 7.11 Å². The van der Waals surface area contributed by atoms with E-state index in [0.717, 1.165) is 0 Å². The summed E-state index contributed by atoms with van der Waals surface area (Å²) in [6.45, 7) is 6.34. The lowest BCUT2D eigenvalue weighted by molar-refractivity contribution is 0.0179. The van der Waals surface area contributed by atoms with E-state index in [1.807, 2.05) is 0 Å². The van der Waals surface area contributed by atoms with Crippen LogP contribution in [0.15, 0.2) is 24.3 Å². The zero-order valence-electron chi connectivity index (χ0n) is 11.3. The maximum atomic E-state index is 6.18. The van der Waals surface area contributed by atoms with Crippen molar-refractivity contribution in [3.63, 3.8) is 0 Å². The molecule has 94 valence electrons. The lowest BCUT2D eigenvalue weighted by atomic mass is 9.81. The summed E-state index contributed by atoms with van der Waals surface area (Å²) in [6.07, 6.45) is 2.39. The number of hydrogen-bond donors (Lipinski definition) is 1. The average molecular weight is 233 g/mol. The van der Waals surface area contributed by atoms with Gasteiger partial charge in [0.2, 0.25) is 0 Å². The normalized spacial score (nSPS) is 20.1. The topological polar surface area (TPSA) is 35.2 Å². The molecule has 17 heavy (non-hydrogen) atoms. The Balaban J connectivity index is 2.49. The molecule has 1 aliphatic carbocycles. The van der Waals surface area contributed by atoms with E-state index >= 15 is 0 Å². The fourth-order valence-corrected chi connectivity index (χ4v) is 2.66. The molecule has 1 aromatic carbocycles. The van der Waals surface area contributed by atoms with Crippen molar-refractivity contribution in [3.05, 3.63) is 35.4 Å². The van der Waals surface area contributed by atoms with E-state index in [4.69, 9.17) is 10.5 Å². The Hall–Kier alpha value is -0.860. The molecule has 0 aromatic heterocycles. The molecule has 0 spiro atoms. The van der Waals surface area contributed by atoms with Gasteiger partial charge in [-0.3, -0.25) is 0 Å². The van der Waals surface area contributed by atoms with Crippen LogP contribution in [-0.2, 0) is 15.8 Å². The molecule has 1 unspecified atom stereocenters. The first kappa shape index (κ1) is 12.6. The third kappa shape index (κ3) is 2.00. The van der Waals surface area contributed by atoms with Crippen molar-refractivity contribution in [2.24, 2.45) is 5.73 Å². The molecule has 0 radical (unpaired) electrons. The molecule has 2 nitrogen and oxygen atoms in total. The van der Waals surface area contributed by atoms with Crippen LogP contribution < -0.4 is 5.73 Å². The standard InChI is InChI=1S/C15H23NO/c1-11(16)15(9-10-15)13-8-6-5-7-12(13)14(2,3)17-4/h5-8,11H,9-10,16H2,1-4H3. The Bertz CT molecular complexity index is 405. The summed E-state index contributed by atoms with van der Waals surface area (Å²) < 4.78 is 5.63. The maximum Gasteiger partial charge on any atom is 0.0874 e. The van der Waals surface area contributed by atoms with Crippen LogP contribution in [0.25, 0.3) is 0 Å². The molecule has 0 heterocycles. The zero-order chi connectivity index (χ0) is 12.7. The van der Waals surface area contributed by atoms with Gasteiger partial charge in [0, 0.05) is 18.6 Å². The second kappa shape index (κ2) is 4.11. The molecule has 1 aromatic rings. The molecule has 0 aliphatic heterocycles. The van der Waals surface area contributed by atoms with Crippen LogP contribution in [0.2, 0.25) is 0 Å². The highest BCUT2D eigenvalue weighted by atomic mass is 16.5. The van der Waals surface area contributed by atoms with Crippen LogP contribution in [0.3, 0.4) is 0 Å². The predicted octanol–water partition coefficient (Wildman–Crippen LogP) is 2.95. The smallest absolute Gasteiger partial charge is 0.0874 e. The lowest BCUT2D eigenvalue weighted by Crippen LogP contribution is -2.34.